The van der Waals surface area contributed by atoms with Crippen LogP contribution in [0, 0.1) is 12.7 Å². The molecule has 1 rings (SSSR count). The summed E-state index contributed by atoms with van der Waals surface area (Å²) in [6.07, 6.45) is 0. The van der Waals surface area contributed by atoms with Crippen molar-refractivity contribution in [3.8, 4) is 0 Å². The minimum absolute atomic E-state index is 0.298. The van der Waals surface area contributed by atoms with Gasteiger partial charge in [0.1, 0.15) is 5.82 Å². The van der Waals surface area contributed by atoms with Crippen molar-refractivity contribution in [3.05, 3.63) is 29.6 Å². The van der Waals surface area contributed by atoms with Crippen molar-refractivity contribution in [2.24, 2.45) is 10.8 Å². The Balaban J connectivity index is 2.73. The van der Waals surface area contributed by atoms with Crippen LogP contribution in [0.5, 0.6) is 0 Å². The molecule has 1 aromatic rings. The number of halogens is 1. The average Bonchev–Trinajstić information content (AvgIpc) is 2.33. The first-order valence-electron chi connectivity index (χ1n) is 5.21. The molecule has 0 heterocycles. The van der Waals surface area contributed by atoms with Crippen LogP contribution >= 0.6 is 0 Å². The van der Waals surface area contributed by atoms with Gasteiger partial charge in [0.2, 0.25) is 5.96 Å². The Bertz CT molecular complexity index is 395. The van der Waals surface area contributed by atoms with Crippen molar-refractivity contribution >= 4 is 11.6 Å². The van der Waals surface area contributed by atoms with E-state index in [1.807, 2.05) is 0 Å². The number of nitrogens with two attached hydrogens (primary N) is 1. The zero-order chi connectivity index (χ0) is 12.7. The van der Waals surface area contributed by atoms with Gasteiger partial charge in [-0.3, -0.25) is 5.43 Å². The molecule has 0 saturated heterocycles. The van der Waals surface area contributed by atoms with Crippen LogP contribution in [0.1, 0.15) is 5.56 Å². The molecule has 0 fully saturated rings. The third-order valence-corrected chi connectivity index (χ3v) is 2.15. The molecule has 6 heteroatoms. The smallest absolute Gasteiger partial charge is 0.210 e. The molecule has 0 bridgehead atoms. The quantitative estimate of drug-likeness (QED) is 0.241. The number of hydrazine groups is 1. The van der Waals surface area contributed by atoms with Gasteiger partial charge in [-0.05, 0) is 18.6 Å². The average molecular weight is 240 g/mol. The van der Waals surface area contributed by atoms with Crippen LogP contribution in [0.15, 0.2) is 23.2 Å². The minimum Gasteiger partial charge on any atom is -0.383 e. The number of hydrogen-bond acceptors (Lipinski definition) is 3. The van der Waals surface area contributed by atoms with E-state index in [9.17, 15) is 4.39 Å². The first-order valence-corrected chi connectivity index (χ1v) is 5.21. The van der Waals surface area contributed by atoms with Crippen molar-refractivity contribution in [3.63, 3.8) is 0 Å². The molecule has 0 saturated carbocycles. The Hall–Kier alpha value is -1.66. The number of nitrogens with one attached hydrogen (secondary N) is 2. The lowest BCUT2D eigenvalue weighted by Gasteiger charge is -2.10. The Morgan fingerprint density at radius 3 is 2.94 bits per heavy atom. The van der Waals surface area contributed by atoms with Gasteiger partial charge in [-0.15, -0.1) is 0 Å². The highest BCUT2D eigenvalue weighted by atomic mass is 19.1. The number of ether oxygens (including phenoxy) is 1. The second kappa shape index (κ2) is 6.82. The van der Waals surface area contributed by atoms with Gasteiger partial charge in [0.15, 0.2) is 0 Å². The van der Waals surface area contributed by atoms with Crippen LogP contribution < -0.4 is 16.6 Å². The molecule has 94 valence electrons. The summed E-state index contributed by atoms with van der Waals surface area (Å²) in [4.78, 5) is 4.08. The number of methoxy groups -OCH3 is 1. The number of rotatable bonds is 4. The maximum atomic E-state index is 13.7. The molecule has 17 heavy (non-hydrogen) atoms. The molecule has 0 spiro atoms. The van der Waals surface area contributed by atoms with Crippen LogP contribution in [-0.4, -0.2) is 26.2 Å². The molecule has 0 aliphatic rings. The van der Waals surface area contributed by atoms with Gasteiger partial charge < -0.3 is 10.1 Å². The van der Waals surface area contributed by atoms with Gasteiger partial charge in [0.25, 0.3) is 0 Å². The highest BCUT2D eigenvalue weighted by Crippen LogP contribution is 2.16. The monoisotopic (exact) mass is 240 g/mol. The van der Waals surface area contributed by atoms with Gasteiger partial charge in [-0.25, -0.2) is 15.2 Å². The van der Waals surface area contributed by atoms with E-state index in [1.165, 1.54) is 0 Å². The van der Waals surface area contributed by atoms with Crippen LogP contribution in [-0.2, 0) is 4.74 Å². The minimum atomic E-state index is -0.317. The lowest BCUT2D eigenvalue weighted by atomic mass is 10.2. The highest BCUT2D eigenvalue weighted by molar-refractivity contribution is 5.93. The van der Waals surface area contributed by atoms with Crippen molar-refractivity contribution in [1.82, 2.24) is 5.43 Å². The molecule has 0 aliphatic carbocycles. The summed E-state index contributed by atoms with van der Waals surface area (Å²) in [5.41, 5.74) is 3.26. The number of guanidine groups is 1. The molecule has 0 amide bonds. The third-order valence-electron chi connectivity index (χ3n) is 2.15. The van der Waals surface area contributed by atoms with Gasteiger partial charge in [0, 0.05) is 7.11 Å². The Morgan fingerprint density at radius 2 is 2.29 bits per heavy atom. The fraction of sp³-hybridized carbons (Fsp3) is 0.364. The zero-order valence-corrected chi connectivity index (χ0v) is 9.96. The number of hydrogen-bond donors (Lipinski definition) is 3. The lowest BCUT2D eigenvalue weighted by Crippen LogP contribution is -2.36. The summed E-state index contributed by atoms with van der Waals surface area (Å²) in [6.45, 7) is 2.61. The fourth-order valence-corrected chi connectivity index (χ4v) is 1.24. The van der Waals surface area contributed by atoms with E-state index in [1.54, 1.807) is 32.2 Å². The molecule has 0 aromatic heterocycles. The number of aliphatic imine (C=N–C) groups is 1. The van der Waals surface area contributed by atoms with E-state index >= 15 is 0 Å². The first-order chi connectivity index (χ1) is 8.19. The molecular weight excluding hydrogens is 223 g/mol. The molecular formula is C11H17FN4O. The Kier molecular flexibility index (Phi) is 5.38. The van der Waals surface area contributed by atoms with Crippen LogP contribution in [0.25, 0.3) is 0 Å². The molecule has 4 N–H and O–H groups in total. The summed E-state index contributed by atoms with van der Waals surface area (Å²) < 4.78 is 18.5. The van der Waals surface area contributed by atoms with Crippen molar-refractivity contribution in [2.45, 2.75) is 6.92 Å². The molecule has 0 radical (unpaired) electrons. The van der Waals surface area contributed by atoms with E-state index < -0.39 is 0 Å². The molecule has 0 aliphatic heterocycles. The van der Waals surface area contributed by atoms with Crippen molar-refractivity contribution in [2.75, 3.05) is 25.6 Å². The predicted octanol–water partition coefficient (Wildman–Crippen LogP) is 1.01. The SMILES string of the molecule is COCCN=C(NN)Nc1cccc(C)c1F. The lowest BCUT2D eigenvalue weighted by molar-refractivity contribution is 0.208. The number of anilines is 1. The van der Waals surface area contributed by atoms with Gasteiger partial charge >= 0.3 is 0 Å². The van der Waals surface area contributed by atoms with Crippen LogP contribution in [0.4, 0.5) is 10.1 Å². The zero-order valence-electron chi connectivity index (χ0n) is 9.96. The third kappa shape index (κ3) is 4.01. The molecule has 5 nitrogen and oxygen atoms in total. The standard InChI is InChI=1S/C11H17FN4O/c1-8-4-3-5-9(10(8)12)15-11(16-13)14-6-7-17-2/h3-5H,6-7,13H2,1-2H3,(H2,14,15,16). The Labute approximate surface area is 99.8 Å². The second-order valence-corrected chi connectivity index (χ2v) is 3.43. The highest BCUT2D eigenvalue weighted by Gasteiger charge is 2.06. The maximum absolute atomic E-state index is 13.7. The Morgan fingerprint density at radius 1 is 1.53 bits per heavy atom. The molecule has 0 atom stereocenters. The summed E-state index contributed by atoms with van der Waals surface area (Å²) in [6, 6.07) is 5.06. The normalized spacial score (nSPS) is 11.4. The fourth-order valence-electron chi connectivity index (χ4n) is 1.24. The van der Waals surface area contributed by atoms with E-state index in [2.05, 4.69) is 15.7 Å². The van der Waals surface area contributed by atoms with E-state index in [0.717, 1.165) is 0 Å². The topological polar surface area (TPSA) is 71.7 Å². The molecule has 1 aromatic carbocycles. The van der Waals surface area contributed by atoms with Gasteiger partial charge in [-0.2, -0.15) is 0 Å². The predicted molar refractivity (Wildman–Crippen MR) is 66.3 cm³/mol. The van der Waals surface area contributed by atoms with E-state index in [4.69, 9.17) is 10.6 Å². The number of nitrogens with zero attached hydrogens (tertiary/aromatic N) is 1. The van der Waals surface area contributed by atoms with E-state index in [0.29, 0.717) is 30.4 Å². The number of aryl methyl sites for hydroxylation is 1. The summed E-state index contributed by atoms with van der Waals surface area (Å²) in [5, 5.41) is 2.78. The summed E-state index contributed by atoms with van der Waals surface area (Å²) in [5.74, 6) is 5.26. The number of benzene rings is 1. The summed E-state index contributed by atoms with van der Waals surface area (Å²) in [7, 11) is 1.58. The second-order valence-electron chi connectivity index (χ2n) is 3.43. The van der Waals surface area contributed by atoms with Crippen LogP contribution in [0.3, 0.4) is 0 Å². The van der Waals surface area contributed by atoms with Crippen molar-refractivity contribution in [1.29, 1.82) is 0 Å². The van der Waals surface area contributed by atoms with Crippen molar-refractivity contribution < 1.29 is 9.13 Å². The molecule has 0 unspecified atom stereocenters. The van der Waals surface area contributed by atoms with Gasteiger partial charge in [-0.1, -0.05) is 12.1 Å². The van der Waals surface area contributed by atoms with Gasteiger partial charge in [0.05, 0.1) is 18.8 Å². The maximum Gasteiger partial charge on any atom is 0.210 e. The summed E-state index contributed by atoms with van der Waals surface area (Å²) >= 11 is 0. The largest absolute Gasteiger partial charge is 0.383 e. The van der Waals surface area contributed by atoms with E-state index in [-0.39, 0.29) is 5.82 Å². The van der Waals surface area contributed by atoms with Crippen LogP contribution in [0.2, 0.25) is 0 Å². The first kappa shape index (κ1) is 13.4.